The minimum atomic E-state index is 0.240. The molecule has 0 unspecified atom stereocenters. The number of benzene rings is 1. The number of hydrogen-bond acceptors (Lipinski definition) is 3. The monoisotopic (exact) mass is 247 g/mol. The van der Waals surface area contributed by atoms with Crippen LogP contribution in [0.2, 0.25) is 0 Å². The highest BCUT2D eigenvalue weighted by Gasteiger charge is 2.22. The molecule has 18 heavy (non-hydrogen) atoms. The van der Waals surface area contributed by atoms with Gasteiger partial charge in [0.1, 0.15) is 5.84 Å². The van der Waals surface area contributed by atoms with Gasteiger partial charge in [0.05, 0.1) is 0 Å². The Morgan fingerprint density at radius 1 is 1.44 bits per heavy atom. The third kappa shape index (κ3) is 3.23. The Hall–Kier alpha value is -1.55. The third-order valence-corrected chi connectivity index (χ3v) is 3.61. The second-order valence-corrected chi connectivity index (χ2v) is 5.06. The number of piperidine rings is 1. The fourth-order valence-corrected chi connectivity index (χ4v) is 2.54. The predicted octanol–water partition coefficient (Wildman–Crippen LogP) is 1.95. The summed E-state index contributed by atoms with van der Waals surface area (Å²) in [6, 6.07) is 8.63. The first-order valence-corrected chi connectivity index (χ1v) is 6.44. The number of oxime groups is 1. The fraction of sp³-hybridized carbons (Fsp3) is 0.500. The lowest BCUT2D eigenvalue weighted by atomic mass is 9.95. The molecule has 0 amide bonds. The molecule has 1 aliphatic heterocycles. The predicted molar refractivity (Wildman–Crippen MR) is 72.6 cm³/mol. The molecule has 1 fully saturated rings. The van der Waals surface area contributed by atoms with E-state index in [1.165, 1.54) is 11.1 Å². The molecule has 98 valence electrons. The van der Waals surface area contributed by atoms with Gasteiger partial charge < -0.3 is 10.9 Å². The van der Waals surface area contributed by atoms with Crippen molar-refractivity contribution in [2.75, 3.05) is 13.1 Å². The van der Waals surface area contributed by atoms with Crippen LogP contribution in [0.25, 0.3) is 0 Å². The lowest BCUT2D eigenvalue weighted by Gasteiger charge is -2.31. The van der Waals surface area contributed by atoms with E-state index >= 15 is 0 Å². The van der Waals surface area contributed by atoms with E-state index < -0.39 is 0 Å². The van der Waals surface area contributed by atoms with Crippen LogP contribution >= 0.6 is 0 Å². The van der Waals surface area contributed by atoms with Crippen LogP contribution in [0.5, 0.6) is 0 Å². The van der Waals surface area contributed by atoms with Crippen LogP contribution in [0.4, 0.5) is 0 Å². The van der Waals surface area contributed by atoms with Gasteiger partial charge in [0, 0.05) is 12.5 Å². The van der Waals surface area contributed by atoms with E-state index in [9.17, 15) is 0 Å². The summed E-state index contributed by atoms with van der Waals surface area (Å²) in [6.07, 6.45) is 1.95. The fourth-order valence-electron chi connectivity index (χ4n) is 2.54. The normalized spacial score (nSPS) is 19.1. The van der Waals surface area contributed by atoms with E-state index in [1.807, 2.05) is 0 Å². The highest BCUT2D eigenvalue weighted by Crippen LogP contribution is 2.19. The number of aryl methyl sites for hydroxylation is 1. The summed E-state index contributed by atoms with van der Waals surface area (Å²) in [6.45, 7) is 5.13. The minimum absolute atomic E-state index is 0.240. The van der Waals surface area contributed by atoms with Gasteiger partial charge in [0.2, 0.25) is 0 Å². The average Bonchev–Trinajstić information content (AvgIpc) is 2.39. The molecule has 1 aromatic rings. The number of amidine groups is 1. The molecule has 0 radical (unpaired) electrons. The van der Waals surface area contributed by atoms with Gasteiger partial charge in [-0.2, -0.15) is 0 Å². The summed E-state index contributed by atoms with van der Waals surface area (Å²) in [7, 11) is 0. The molecular formula is C14H21N3O. The number of hydrogen-bond donors (Lipinski definition) is 2. The number of rotatable bonds is 3. The van der Waals surface area contributed by atoms with E-state index in [1.54, 1.807) is 0 Å². The highest BCUT2D eigenvalue weighted by molar-refractivity contribution is 5.82. The van der Waals surface area contributed by atoms with Crippen molar-refractivity contribution in [3.05, 3.63) is 35.4 Å². The molecule has 1 aliphatic rings. The second kappa shape index (κ2) is 5.87. The van der Waals surface area contributed by atoms with Crippen molar-refractivity contribution in [2.24, 2.45) is 16.8 Å². The summed E-state index contributed by atoms with van der Waals surface area (Å²) in [5.74, 6) is 0.619. The van der Waals surface area contributed by atoms with Crippen LogP contribution in [0.3, 0.4) is 0 Å². The van der Waals surface area contributed by atoms with E-state index in [4.69, 9.17) is 10.9 Å². The molecule has 0 spiro atoms. The first kappa shape index (κ1) is 12.9. The number of nitrogens with zero attached hydrogens (tertiary/aromatic N) is 2. The topological polar surface area (TPSA) is 61.8 Å². The maximum atomic E-state index is 8.67. The van der Waals surface area contributed by atoms with Gasteiger partial charge >= 0.3 is 0 Å². The van der Waals surface area contributed by atoms with Crippen molar-refractivity contribution >= 4 is 5.84 Å². The maximum Gasteiger partial charge on any atom is 0.142 e. The zero-order valence-corrected chi connectivity index (χ0v) is 10.8. The summed E-state index contributed by atoms with van der Waals surface area (Å²) in [5.41, 5.74) is 8.31. The third-order valence-electron chi connectivity index (χ3n) is 3.61. The lowest BCUT2D eigenvalue weighted by Crippen LogP contribution is -2.38. The summed E-state index contributed by atoms with van der Waals surface area (Å²) >= 11 is 0. The zero-order chi connectivity index (χ0) is 13.0. The Morgan fingerprint density at radius 3 is 2.78 bits per heavy atom. The van der Waals surface area contributed by atoms with Gasteiger partial charge in [0.15, 0.2) is 0 Å². The summed E-state index contributed by atoms with van der Waals surface area (Å²) in [5, 5.41) is 11.8. The van der Waals surface area contributed by atoms with E-state index in [0.717, 1.165) is 32.5 Å². The first-order chi connectivity index (χ1) is 8.69. The quantitative estimate of drug-likeness (QED) is 0.371. The van der Waals surface area contributed by atoms with E-state index in [-0.39, 0.29) is 5.92 Å². The van der Waals surface area contributed by atoms with Crippen LogP contribution in [-0.4, -0.2) is 29.0 Å². The van der Waals surface area contributed by atoms with Crippen molar-refractivity contribution in [1.29, 1.82) is 0 Å². The maximum absolute atomic E-state index is 8.67. The van der Waals surface area contributed by atoms with E-state index in [2.05, 4.69) is 41.2 Å². The Labute approximate surface area is 108 Å². The van der Waals surface area contributed by atoms with E-state index in [0.29, 0.717) is 5.84 Å². The van der Waals surface area contributed by atoms with Crippen molar-refractivity contribution in [1.82, 2.24) is 4.90 Å². The summed E-state index contributed by atoms with van der Waals surface area (Å²) < 4.78 is 0. The van der Waals surface area contributed by atoms with Crippen molar-refractivity contribution in [3.8, 4) is 0 Å². The van der Waals surface area contributed by atoms with Crippen LogP contribution in [0.15, 0.2) is 29.4 Å². The molecule has 2 rings (SSSR count). The zero-order valence-electron chi connectivity index (χ0n) is 10.8. The Kier molecular flexibility index (Phi) is 4.20. The first-order valence-electron chi connectivity index (χ1n) is 6.44. The Bertz CT molecular complexity index is 423. The Balaban J connectivity index is 1.87. The Morgan fingerprint density at radius 2 is 2.17 bits per heavy atom. The van der Waals surface area contributed by atoms with Gasteiger partial charge in [-0.15, -0.1) is 0 Å². The highest BCUT2D eigenvalue weighted by atomic mass is 16.4. The molecule has 1 aromatic carbocycles. The van der Waals surface area contributed by atoms with Crippen LogP contribution < -0.4 is 5.73 Å². The molecule has 4 heteroatoms. The molecule has 0 atom stereocenters. The van der Waals surface area contributed by atoms with Gasteiger partial charge in [-0.05, 0) is 38.4 Å². The van der Waals surface area contributed by atoms with Gasteiger partial charge in [-0.1, -0.05) is 35.0 Å². The van der Waals surface area contributed by atoms with Gasteiger partial charge in [0.25, 0.3) is 0 Å². The standard InChI is InChI=1S/C14H21N3O/c1-11-3-2-4-12(9-11)10-17-7-5-13(6-8-17)14(15)16-18/h2-4,9,13,18H,5-8,10H2,1H3,(H2,15,16). The molecule has 0 aromatic heterocycles. The second-order valence-electron chi connectivity index (χ2n) is 5.06. The molecule has 1 saturated heterocycles. The molecule has 4 nitrogen and oxygen atoms in total. The largest absolute Gasteiger partial charge is 0.409 e. The molecule has 0 saturated carbocycles. The molecular weight excluding hydrogens is 226 g/mol. The molecule has 0 aliphatic carbocycles. The minimum Gasteiger partial charge on any atom is -0.409 e. The molecule has 3 N–H and O–H groups in total. The van der Waals surface area contributed by atoms with Gasteiger partial charge in [-0.3, -0.25) is 4.90 Å². The smallest absolute Gasteiger partial charge is 0.142 e. The van der Waals surface area contributed by atoms with Crippen molar-refractivity contribution < 1.29 is 5.21 Å². The van der Waals surface area contributed by atoms with Gasteiger partial charge in [-0.25, -0.2) is 0 Å². The number of nitrogens with two attached hydrogens (primary N) is 1. The molecule has 1 heterocycles. The number of likely N-dealkylation sites (tertiary alicyclic amines) is 1. The van der Waals surface area contributed by atoms with Crippen LogP contribution in [0.1, 0.15) is 24.0 Å². The summed E-state index contributed by atoms with van der Waals surface area (Å²) in [4.78, 5) is 2.43. The lowest BCUT2D eigenvalue weighted by molar-refractivity contribution is 0.198. The average molecular weight is 247 g/mol. The van der Waals surface area contributed by atoms with Crippen LogP contribution in [-0.2, 0) is 6.54 Å². The van der Waals surface area contributed by atoms with Crippen LogP contribution in [0, 0.1) is 12.8 Å². The van der Waals surface area contributed by atoms with Crippen molar-refractivity contribution in [2.45, 2.75) is 26.3 Å². The SMILES string of the molecule is Cc1cccc(CN2CCC(C(N)=NO)CC2)c1. The molecule has 0 bridgehead atoms. The van der Waals surface area contributed by atoms with Crippen molar-refractivity contribution in [3.63, 3.8) is 0 Å².